The van der Waals surface area contributed by atoms with E-state index in [-0.39, 0.29) is 5.75 Å². The van der Waals surface area contributed by atoms with E-state index in [0.29, 0.717) is 24.5 Å². The zero-order chi connectivity index (χ0) is 18.2. The van der Waals surface area contributed by atoms with Gasteiger partial charge in [0.1, 0.15) is 0 Å². The molecule has 0 aromatic heterocycles. The van der Waals surface area contributed by atoms with Crippen LogP contribution in [0.1, 0.15) is 23.6 Å². The van der Waals surface area contributed by atoms with E-state index in [1.807, 2.05) is 25.1 Å². The molecular weight excluding hydrogens is 328 g/mol. The van der Waals surface area contributed by atoms with Gasteiger partial charge in [-0.3, -0.25) is 9.89 Å². The summed E-state index contributed by atoms with van der Waals surface area (Å²) in [6.45, 7) is 7.45. The third-order valence-electron chi connectivity index (χ3n) is 4.44. The summed E-state index contributed by atoms with van der Waals surface area (Å²) < 4.78 is 10.8. The van der Waals surface area contributed by atoms with Gasteiger partial charge in [0.15, 0.2) is 11.5 Å². The van der Waals surface area contributed by atoms with Gasteiger partial charge in [-0.25, -0.2) is 0 Å². The first-order valence-electron chi connectivity index (χ1n) is 9.09. The molecule has 5 nitrogen and oxygen atoms in total. The predicted molar refractivity (Wildman–Crippen MR) is 103 cm³/mol. The van der Waals surface area contributed by atoms with Gasteiger partial charge in [-0.1, -0.05) is 30.3 Å². The Morgan fingerprint density at radius 2 is 1.88 bits per heavy atom. The number of phenolic OH excluding ortho intramolecular Hbond substituents is 1. The molecule has 2 aromatic carbocycles. The van der Waals surface area contributed by atoms with Crippen LogP contribution in [0.4, 0.5) is 0 Å². The molecule has 0 amide bonds. The van der Waals surface area contributed by atoms with Gasteiger partial charge in [0, 0.05) is 31.4 Å². The molecule has 0 aliphatic carbocycles. The summed E-state index contributed by atoms with van der Waals surface area (Å²) in [6, 6.07) is 13.8. The van der Waals surface area contributed by atoms with Crippen LogP contribution in [-0.2, 0) is 17.8 Å². The lowest BCUT2D eigenvalue weighted by Crippen LogP contribution is -2.35. The van der Waals surface area contributed by atoms with Crippen LogP contribution in [0, 0.1) is 0 Å². The van der Waals surface area contributed by atoms with E-state index >= 15 is 0 Å². The Bertz CT molecular complexity index is 740. The van der Waals surface area contributed by atoms with Crippen LogP contribution in [0.5, 0.6) is 11.5 Å². The smallest absolute Gasteiger partial charge is 0.166 e. The summed E-state index contributed by atoms with van der Waals surface area (Å²) in [5.74, 6) is 0.629. The Hall–Kier alpha value is -2.37. The van der Waals surface area contributed by atoms with Gasteiger partial charge in [0.05, 0.1) is 26.4 Å². The minimum atomic E-state index is 0.139. The molecule has 0 bridgehead atoms. The van der Waals surface area contributed by atoms with Gasteiger partial charge in [0.2, 0.25) is 0 Å². The highest BCUT2D eigenvalue weighted by molar-refractivity contribution is 5.84. The lowest BCUT2D eigenvalue weighted by atomic mass is 10.1. The standard InChI is InChI=1S/C21H26N2O3/c1-2-26-20-9-5-8-18(21(20)24)15-22-14-17-6-3-4-7-19(17)16-23-10-12-25-13-11-23/h3-9,15,24H,2,10-14,16H2,1H3. The van der Waals surface area contributed by atoms with E-state index in [1.165, 1.54) is 11.1 Å². The zero-order valence-corrected chi connectivity index (χ0v) is 15.2. The molecule has 5 heteroatoms. The first-order valence-corrected chi connectivity index (χ1v) is 9.09. The third kappa shape index (κ3) is 4.84. The topological polar surface area (TPSA) is 54.3 Å². The predicted octanol–water partition coefficient (Wildman–Crippen LogP) is 3.24. The van der Waals surface area contributed by atoms with Gasteiger partial charge in [0.25, 0.3) is 0 Å². The fraction of sp³-hybridized carbons (Fsp3) is 0.381. The number of hydrogen-bond acceptors (Lipinski definition) is 5. The molecule has 1 heterocycles. The van der Waals surface area contributed by atoms with Gasteiger partial charge in [-0.05, 0) is 30.2 Å². The Morgan fingerprint density at radius 3 is 2.65 bits per heavy atom. The molecule has 0 spiro atoms. The average Bonchev–Trinajstić information content (AvgIpc) is 2.67. The zero-order valence-electron chi connectivity index (χ0n) is 15.2. The summed E-state index contributed by atoms with van der Waals surface area (Å²) in [7, 11) is 0. The number of para-hydroxylation sites is 1. The Labute approximate surface area is 154 Å². The van der Waals surface area contributed by atoms with E-state index in [4.69, 9.17) is 9.47 Å². The second-order valence-electron chi connectivity index (χ2n) is 6.25. The van der Waals surface area contributed by atoms with E-state index in [2.05, 4.69) is 28.1 Å². The van der Waals surface area contributed by atoms with Crippen molar-refractivity contribution in [1.82, 2.24) is 4.90 Å². The SMILES string of the molecule is CCOc1cccc(C=NCc2ccccc2CN2CCOCC2)c1O. The van der Waals surface area contributed by atoms with Crippen molar-refractivity contribution in [3.63, 3.8) is 0 Å². The first-order chi connectivity index (χ1) is 12.8. The number of phenols is 1. The molecule has 0 radical (unpaired) electrons. The molecule has 3 rings (SSSR count). The molecule has 1 fully saturated rings. The molecule has 0 atom stereocenters. The number of rotatable bonds is 7. The molecule has 0 saturated carbocycles. The minimum Gasteiger partial charge on any atom is -0.504 e. The van der Waals surface area contributed by atoms with Crippen molar-refractivity contribution in [3.05, 3.63) is 59.2 Å². The van der Waals surface area contributed by atoms with Crippen LogP contribution in [0.15, 0.2) is 47.5 Å². The lowest BCUT2D eigenvalue weighted by molar-refractivity contribution is 0.0341. The van der Waals surface area contributed by atoms with Gasteiger partial charge in [-0.15, -0.1) is 0 Å². The number of aliphatic imine (C=N–C) groups is 1. The monoisotopic (exact) mass is 354 g/mol. The number of benzene rings is 2. The summed E-state index contributed by atoms with van der Waals surface area (Å²) in [5, 5.41) is 10.3. The summed E-state index contributed by atoms with van der Waals surface area (Å²) in [5.41, 5.74) is 3.16. The van der Waals surface area contributed by atoms with Crippen LogP contribution in [0.25, 0.3) is 0 Å². The Balaban J connectivity index is 1.68. The maximum atomic E-state index is 10.3. The quantitative estimate of drug-likeness (QED) is 0.776. The Kier molecular flexibility index (Phi) is 6.63. The van der Waals surface area contributed by atoms with Crippen LogP contribution >= 0.6 is 0 Å². The van der Waals surface area contributed by atoms with Crippen LogP contribution in [0.3, 0.4) is 0 Å². The van der Waals surface area contributed by atoms with Crippen molar-refractivity contribution in [1.29, 1.82) is 0 Å². The molecular formula is C21H26N2O3. The van der Waals surface area contributed by atoms with E-state index in [9.17, 15) is 5.11 Å². The third-order valence-corrected chi connectivity index (χ3v) is 4.44. The minimum absolute atomic E-state index is 0.139. The highest BCUT2D eigenvalue weighted by Gasteiger charge is 2.12. The summed E-state index contributed by atoms with van der Waals surface area (Å²) >= 11 is 0. The van der Waals surface area contributed by atoms with Crippen molar-refractivity contribution in [2.24, 2.45) is 4.99 Å². The molecule has 0 unspecified atom stereocenters. The van der Waals surface area contributed by atoms with Crippen LogP contribution < -0.4 is 4.74 Å². The molecule has 26 heavy (non-hydrogen) atoms. The maximum Gasteiger partial charge on any atom is 0.166 e. The molecule has 1 aliphatic rings. The number of hydrogen-bond donors (Lipinski definition) is 1. The number of aromatic hydroxyl groups is 1. The van der Waals surface area contributed by atoms with Crippen LogP contribution in [0.2, 0.25) is 0 Å². The molecule has 138 valence electrons. The second kappa shape index (κ2) is 9.36. The largest absolute Gasteiger partial charge is 0.504 e. The second-order valence-corrected chi connectivity index (χ2v) is 6.25. The number of morpholine rings is 1. The fourth-order valence-electron chi connectivity index (χ4n) is 3.02. The molecule has 2 aromatic rings. The van der Waals surface area contributed by atoms with Gasteiger partial charge < -0.3 is 14.6 Å². The van der Waals surface area contributed by atoms with Crippen molar-refractivity contribution in [3.8, 4) is 11.5 Å². The highest BCUT2D eigenvalue weighted by Crippen LogP contribution is 2.28. The number of ether oxygens (including phenoxy) is 2. The van der Waals surface area contributed by atoms with Crippen molar-refractivity contribution >= 4 is 6.21 Å². The number of nitrogens with zero attached hydrogens (tertiary/aromatic N) is 2. The van der Waals surface area contributed by atoms with E-state index in [0.717, 1.165) is 32.8 Å². The maximum absolute atomic E-state index is 10.3. The van der Waals surface area contributed by atoms with Crippen molar-refractivity contribution in [2.45, 2.75) is 20.0 Å². The van der Waals surface area contributed by atoms with Gasteiger partial charge >= 0.3 is 0 Å². The van der Waals surface area contributed by atoms with Crippen molar-refractivity contribution < 1.29 is 14.6 Å². The van der Waals surface area contributed by atoms with Gasteiger partial charge in [-0.2, -0.15) is 0 Å². The van der Waals surface area contributed by atoms with Crippen LogP contribution in [-0.4, -0.2) is 49.1 Å². The normalized spacial score (nSPS) is 15.4. The molecule has 1 saturated heterocycles. The lowest BCUT2D eigenvalue weighted by Gasteiger charge is -2.27. The summed E-state index contributed by atoms with van der Waals surface area (Å²) in [4.78, 5) is 6.95. The average molecular weight is 354 g/mol. The van der Waals surface area contributed by atoms with Crippen molar-refractivity contribution in [2.75, 3.05) is 32.9 Å². The molecule has 1 N–H and O–H groups in total. The summed E-state index contributed by atoms with van der Waals surface area (Å²) in [6.07, 6.45) is 1.71. The first kappa shape index (κ1) is 18.4. The molecule has 1 aliphatic heterocycles. The fourth-order valence-corrected chi connectivity index (χ4v) is 3.02. The van der Waals surface area contributed by atoms with E-state index < -0.39 is 0 Å². The van der Waals surface area contributed by atoms with E-state index in [1.54, 1.807) is 12.3 Å². The highest BCUT2D eigenvalue weighted by atomic mass is 16.5. The Morgan fingerprint density at radius 1 is 1.12 bits per heavy atom.